The van der Waals surface area contributed by atoms with Crippen molar-refractivity contribution in [1.29, 1.82) is 0 Å². The molecule has 0 amide bonds. The maximum atomic E-state index is 12.1. The number of carboxylic acids is 1. The number of benzene rings is 1. The lowest BCUT2D eigenvalue weighted by Crippen LogP contribution is -2.23. The van der Waals surface area contributed by atoms with Gasteiger partial charge in [-0.05, 0) is 30.9 Å². The Labute approximate surface area is 110 Å². The SMILES string of the molecule is O=C(O)c1cn(CC2CCC2)c2ccccc2c1=O. The van der Waals surface area contributed by atoms with E-state index in [-0.39, 0.29) is 5.56 Å². The van der Waals surface area contributed by atoms with Gasteiger partial charge >= 0.3 is 5.97 Å². The molecule has 1 saturated carbocycles. The molecule has 2 aromatic rings. The van der Waals surface area contributed by atoms with E-state index in [0.717, 1.165) is 12.1 Å². The first-order chi connectivity index (χ1) is 9.16. The first-order valence-electron chi connectivity index (χ1n) is 6.52. The van der Waals surface area contributed by atoms with Gasteiger partial charge in [0.05, 0.1) is 5.52 Å². The highest BCUT2D eigenvalue weighted by molar-refractivity contribution is 5.92. The fourth-order valence-electron chi connectivity index (χ4n) is 2.60. The van der Waals surface area contributed by atoms with E-state index < -0.39 is 11.4 Å². The number of pyridine rings is 1. The number of hydrogen-bond donors (Lipinski definition) is 1. The molecule has 3 rings (SSSR count). The number of carbonyl (C=O) groups is 1. The second kappa shape index (κ2) is 4.53. The third-order valence-corrected chi connectivity index (χ3v) is 3.90. The molecule has 0 spiro atoms. The van der Waals surface area contributed by atoms with Crippen molar-refractivity contribution in [3.8, 4) is 0 Å². The first kappa shape index (κ1) is 12.0. The van der Waals surface area contributed by atoms with Crippen LogP contribution in [0.1, 0.15) is 29.6 Å². The van der Waals surface area contributed by atoms with Crippen LogP contribution in [0.3, 0.4) is 0 Å². The molecule has 1 fully saturated rings. The van der Waals surface area contributed by atoms with Gasteiger partial charge in [0.1, 0.15) is 5.56 Å². The van der Waals surface area contributed by atoms with Crippen LogP contribution < -0.4 is 5.43 Å². The molecule has 4 nitrogen and oxygen atoms in total. The zero-order chi connectivity index (χ0) is 13.4. The van der Waals surface area contributed by atoms with Crippen LogP contribution in [-0.2, 0) is 6.54 Å². The Morgan fingerprint density at radius 2 is 2.05 bits per heavy atom. The number of hydrogen-bond acceptors (Lipinski definition) is 2. The summed E-state index contributed by atoms with van der Waals surface area (Å²) in [5, 5.41) is 9.63. The van der Waals surface area contributed by atoms with Crippen LogP contribution >= 0.6 is 0 Å². The van der Waals surface area contributed by atoms with E-state index >= 15 is 0 Å². The van der Waals surface area contributed by atoms with Crippen LogP contribution in [-0.4, -0.2) is 15.6 Å². The Bertz CT molecular complexity index is 698. The number of rotatable bonds is 3. The number of fused-ring (bicyclic) bond motifs is 1. The highest BCUT2D eigenvalue weighted by Gasteiger charge is 2.20. The molecule has 0 saturated heterocycles. The predicted octanol–water partition coefficient (Wildman–Crippen LogP) is 2.50. The molecule has 1 aromatic heterocycles. The summed E-state index contributed by atoms with van der Waals surface area (Å²) in [7, 11) is 0. The van der Waals surface area contributed by atoms with Gasteiger partial charge in [0, 0.05) is 18.1 Å². The number of nitrogens with zero attached hydrogens (tertiary/aromatic N) is 1. The van der Waals surface area contributed by atoms with Gasteiger partial charge in [-0.2, -0.15) is 0 Å². The summed E-state index contributed by atoms with van der Waals surface area (Å²) in [5.41, 5.74) is 0.287. The summed E-state index contributed by atoms with van der Waals surface area (Å²) in [4.78, 5) is 23.3. The molecule has 0 unspecified atom stereocenters. The lowest BCUT2D eigenvalue weighted by molar-refractivity contribution is 0.0694. The topological polar surface area (TPSA) is 59.3 Å². The van der Waals surface area contributed by atoms with Crippen LogP contribution in [0.25, 0.3) is 10.9 Å². The van der Waals surface area contributed by atoms with Crippen LogP contribution in [0.2, 0.25) is 0 Å². The predicted molar refractivity (Wildman–Crippen MR) is 72.5 cm³/mol. The lowest BCUT2D eigenvalue weighted by atomic mass is 9.85. The van der Waals surface area contributed by atoms with Crippen molar-refractivity contribution in [1.82, 2.24) is 4.57 Å². The number of aromatic carboxylic acids is 1. The third-order valence-electron chi connectivity index (χ3n) is 3.90. The van der Waals surface area contributed by atoms with Crippen LogP contribution in [0.5, 0.6) is 0 Å². The highest BCUT2D eigenvalue weighted by Crippen LogP contribution is 2.28. The molecule has 1 heterocycles. The van der Waals surface area contributed by atoms with Gasteiger partial charge in [-0.25, -0.2) is 4.79 Å². The first-order valence-corrected chi connectivity index (χ1v) is 6.52. The maximum Gasteiger partial charge on any atom is 0.341 e. The molecule has 1 aliphatic carbocycles. The number of carboxylic acid groups (broad SMARTS) is 1. The summed E-state index contributed by atoms with van der Waals surface area (Å²) >= 11 is 0. The van der Waals surface area contributed by atoms with E-state index in [1.165, 1.54) is 25.5 Å². The van der Waals surface area contributed by atoms with Gasteiger partial charge in [-0.3, -0.25) is 4.79 Å². The summed E-state index contributed by atoms with van der Waals surface area (Å²) in [6.45, 7) is 0.793. The van der Waals surface area contributed by atoms with Gasteiger partial charge in [0.15, 0.2) is 0 Å². The molecule has 19 heavy (non-hydrogen) atoms. The Morgan fingerprint density at radius 3 is 2.68 bits per heavy atom. The van der Waals surface area contributed by atoms with E-state index in [0.29, 0.717) is 11.3 Å². The van der Waals surface area contributed by atoms with Crippen LogP contribution in [0, 0.1) is 5.92 Å². The molecule has 1 aromatic carbocycles. The molecule has 1 aliphatic rings. The van der Waals surface area contributed by atoms with E-state index in [4.69, 9.17) is 5.11 Å². The summed E-state index contributed by atoms with van der Waals surface area (Å²) in [6, 6.07) is 7.21. The fourth-order valence-corrected chi connectivity index (χ4v) is 2.60. The minimum Gasteiger partial charge on any atom is -0.477 e. The van der Waals surface area contributed by atoms with Gasteiger partial charge in [0.2, 0.25) is 5.43 Å². The summed E-state index contributed by atoms with van der Waals surface area (Å²) in [5.74, 6) is -0.550. The van der Waals surface area contributed by atoms with E-state index in [9.17, 15) is 9.59 Å². The Kier molecular flexibility index (Phi) is 2.85. The second-order valence-electron chi connectivity index (χ2n) is 5.14. The molecule has 0 bridgehead atoms. The standard InChI is InChI=1S/C15H15NO3/c17-14-11-6-1-2-7-13(11)16(8-10-4-3-5-10)9-12(14)15(18)19/h1-2,6-7,9-10H,3-5,8H2,(H,18,19). The molecule has 4 heteroatoms. The minimum absolute atomic E-state index is 0.141. The molecule has 98 valence electrons. The average Bonchev–Trinajstić information content (AvgIpc) is 2.36. The zero-order valence-corrected chi connectivity index (χ0v) is 10.5. The van der Waals surface area contributed by atoms with E-state index in [1.807, 2.05) is 16.7 Å². The van der Waals surface area contributed by atoms with Crippen LogP contribution in [0.4, 0.5) is 0 Å². The largest absolute Gasteiger partial charge is 0.477 e. The average molecular weight is 257 g/mol. The number of aromatic nitrogens is 1. The molecule has 0 radical (unpaired) electrons. The van der Waals surface area contributed by atoms with Crippen molar-refractivity contribution < 1.29 is 9.90 Å². The van der Waals surface area contributed by atoms with Crippen LogP contribution in [0.15, 0.2) is 35.3 Å². The Balaban J connectivity index is 2.20. The molecular formula is C15H15NO3. The highest BCUT2D eigenvalue weighted by atomic mass is 16.4. The fraction of sp³-hybridized carbons (Fsp3) is 0.333. The summed E-state index contributed by atoms with van der Waals surface area (Å²) < 4.78 is 1.92. The van der Waals surface area contributed by atoms with Gasteiger partial charge in [-0.1, -0.05) is 18.6 Å². The van der Waals surface area contributed by atoms with E-state index in [1.54, 1.807) is 12.1 Å². The van der Waals surface area contributed by atoms with Gasteiger partial charge < -0.3 is 9.67 Å². The van der Waals surface area contributed by atoms with Gasteiger partial charge in [0.25, 0.3) is 0 Å². The normalized spacial score (nSPS) is 15.4. The molecule has 1 N–H and O–H groups in total. The summed E-state index contributed by atoms with van der Waals surface area (Å²) in [6.07, 6.45) is 5.10. The Morgan fingerprint density at radius 1 is 1.32 bits per heavy atom. The van der Waals surface area contributed by atoms with Gasteiger partial charge in [-0.15, -0.1) is 0 Å². The lowest BCUT2D eigenvalue weighted by Gasteiger charge is -2.27. The van der Waals surface area contributed by atoms with E-state index in [2.05, 4.69) is 0 Å². The quantitative estimate of drug-likeness (QED) is 0.919. The minimum atomic E-state index is -1.15. The van der Waals surface area contributed by atoms with Crippen molar-refractivity contribution in [3.63, 3.8) is 0 Å². The van der Waals surface area contributed by atoms with Crippen molar-refractivity contribution >= 4 is 16.9 Å². The smallest absolute Gasteiger partial charge is 0.341 e. The second-order valence-corrected chi connectivity index (χ2v) is 5.14. The molecular weight excluding hydrogens is 242 g/mol. The van der Waals surface area contributed by atoms with Crippen molar-refractivity contribution in [2.24, 2.45) is 5.92 Å². The molecule has 0 atom stereocenters. The van der Waals surface area contributed by atoms with Crippen molar-refractivity contribution in [3.05, 3.63) is 46.2 Å². The Hall–Kier alpha value is -2.10. The van der Waals surface area contributed by atoms with Crippen molar-refractivity contribution in [2.75, 3.05) is 0 Å². The maximum absolute atomic E-state index is 12.1. The zero-order valence-electron chi connectivity index (χ0n) is 10.5. The van der Waals surface area contributed by atoms with Crippen molar-refractivity contribution in [2.45, 2.75) is 25.8 Å². The number of para-hydroxylation sites is 1. The monoisotopic (exact) mass is 257 g/mol. The molecule has 0 aliphatic heterocycles. The third kappa shape index (κ3) is 2.03.